The highest BCUT2D eigenvalue weighted by molar-refractivity contribution is 5.94. The van der Waals surface area contributed by atoms with E-state index in [9.17, 15) is 0 Å². The lowest BCUT2D eigenvalue weighted by Crippen LogP contribution is -2.16. The smallest absolute Gasteiger partial charge is 0.0462 e. The zero-order chi connectivity index (χ0) is 49.3. The summed E-state index contributed by atoms with van der Waals surface area (Å²) in [4.78, 5) is 2.39. The number of nitrogens with zero attached hydrogens (tertiary/aromatic N) is 1. The van der Waals surface area contributed by atoms with Gasteiger partial charge in [-0.1, -0.05) is 246 Å². The minimum Gasteiger partial charge on any atom is -0.311 e. The lowest BCUT2D eigenvalue weighted by atomic mass is 9.78. The summed E-state index contributed by atoms with van der Waals surface area (Å²) in [6.07, 6.45) is 0. The van der Waals surface area contributed by atoms with Crippen LogP contribution in [0.4, 0.5) is 17.1 Å². The van der Waals surface area contributed by atoms with Crippen LogP contribution in [0.25, 0.3) is 89.0 Å². The number of fused-ring (bicyclic) bond motifs is 6. The second-order valence-electron chi connectivity index (χ2n) is 20.8. The van der Waals surface area contributed by atoms with E-state index in [0.29, 0.717) is 0 Å². The molecule has 0 unspecified atom stereocenters. The lowest BCUT2D eigenvalue weighted by Gasteiger charge is -2.27. The normalized spacial score (nSPS) is 13.4. The fourth-order valence-corrected chi connectivity index (χ4v) is 12.2. The van der Waals surface area contributed by atoms with E-state index in [0.717, 1.165) is 17.1 Å². The minimum atomic E-state index is -0.121. The van der Waals surface area contributed by atoms with Crippen LogP contribution in [0.5, 0.6) is 0 Å². The standard InChI is InChI=1S/C72H55N/c1-71(2)67-27-14-12-23-62(67)64-46-39-54(47-69(64)71)50-33-40-55(41-34-50)73(56-42-35-52(36-43-56)59-20-9-8-19-58(59)51-31-29-49(30-32-51)48-17-6-5-7-18-48)57-44-37-53(38-45-57)60-21-10-11-22-61(60)65-25-16-26-66-63-24-13-15-28-68(63)72(3,4)70(65)66/h5-47H,1-4H3. The van der Waals surface area contributed by atoms with Crippen LogP contribution in [-0.2, 0) is 10.8 Å². The molecule has 2 aliphatic rings. The van der Waals surface area contributed by atoms with Gasteiger partial charge in [0.1, 0.15) is 0 Å². The first-order valence-electron chi connectivity index (χ1n) is 25.7. The monoisotopic (exact) mass is 933 g/mol. The maximum atomic E-state index is 2.41. The van der Waals surface area contributed by atoms with Gasteiger partial charge in [-0.05, 0) is 154 Å². The highest BCUT2D eigenvalue weighted by atomic mass is 15.1. The minimum absolute atomic E-state index is 0.0609. The molecular formula is C72H55N. The van der Waals surface area contributed by atoms with E-state index in [-0.39, 0.29) is 10.8 Å². The predicted octanol–water partition coefficient (Wildman–Crippen LogP) is 19.8. The summed E-state index contributed by atoms with van der Waals surface area (Å²) in [6, 6.07) is 96.3. The van der Waals surface area contributed by atoms with Gasteiger partial charge in [0, 0.05) is 27.9 Å². The Labute approximate surface area is 430 Å². The highest BCUT2D eigenvalue weighted by Crippen LogP contribution is 2.54. The Balaban J connectivity index is 0.869. The molecule has 0 atom stereocenters. The molecule has 11 aromatic rings. The van der Waals surface area contributed by atoms with E-state index in [1.54, 1.807) is 0 Å². The van der Waals surface area contributed by atoms with Gasteiger partial charge in [-0.3, -0.25) is 0 Å². The average molecular weight is 934 g/mol. The Hall–Kier alpha value is -8.78. The molecule has 0 radical (unpaired) electrons. The molecular weight excluding hydrogens is 879 g/mol. The molecule has 73 heavy (non-hydrogen) atoms. The molecule has 0 aliphatic heterocycles. The van der Waals surface area contributed by atoms with Crippen LogP contribution in [0.2, 0.25) is 0 Å². The van der Waals surface area contributed by atoms with Crippen LogP contribution in [0.3, 0.4) is 0 Å². The van der Waals surface area contributed by atoms with Gasteiger partial charge >= 0.3 is 0 Å². The van der Waals surface area contributed by atoms with Gasteiger partial charge in [-0.2, -0.15) is 0 Å². The number of hydrogen-bond acceptors (Lipinski definition) is 1. The first-order chi connectivity index (χ1) is 35.7. The Kier molecular flexibility index (Phi) is 10.6. The number of benzene rings is 11. The van der Waals surface area contributed by atoms with E-state index < -0.39 is 0 Å². The molecule has 0 heterocycles. The Morgan fingerprint density at radius 1 is 0.219 bits per heavy atom. The first-order valence-corrected chi connectivity index (χ1v) is 25.7. The van der Waals surface area contributed by atoms with Crippen LogP contribution < -0.4 is 4.90 Å². The lowest BCUT2D eigenvalue weighted by molar-refractivity contribution is 0.660. The zero-order valence-corrected chi connectivity index (χ0v) is 41.8. The summed E-state index contributed by atoms with van der Waals surface area (Å²) in [5.41, 5.74) is 28.7. The van der Waals surface area contributed by atoms with Gasteiger partial charge in [0.05, 0.1) is 0 Å². The number of rotatable bonds is 9. The highest BCUT2D eigenvalue weighted by Gasteiger charge is 2.38. The third kappa shape index (κ3) is 7.46. The van der Waals surface area contributed by atoms with Gasteiger partial charge < -0.3 is 4.90 Å². The van der Waals surface area contributed by atoms with Crippen molar-refractivity contribution in [3.63, 3.8) is 0 Å². The van der Waals surface area contributed by atoms with Crippen molar-refractivity contribution in [2.24, 2.45) is 0 Å². The van der Waals surface area contributed by atoms with E-state index in [1.165, 1.54) is 111 Å². The van der Waals surface area contributed by atoms with Crippen molar-refractivity contribution in [3.8, 4) is 89.0 Å². The predicted molar refractivity (Wildman–Crippen MR) is 309 cm³/mol. The molecule has 1 nitrogen and oxygen atoms in total. The van der Waals surface area contributed by atoms with Crippen molar-refractivity contribution >= 4 is 17.1 Å². The molecule has 0 saturated heterocycles. The largest absolute Gasteiger partial charge is 0.311 e. The van der Waals surface area contributed by atoms with Crippen molar-refractivity contribution in [1.82, 2.24) is 0 Å². The summed E-state index contributed by atoms with van der Waals surface area (Å²) in [6.45, 7) is 9.46. The van der Waals surface area contributed by atoms with Gasteiger partial charge in [0.15, 0.2) is 0 Å². The third-order valence-electron chi connectivity index (χ3n) is 15.9. The third-order valence-corrected chi connectivity index (χ3v) is 15.9. The second kappa shape index (κ2) is 17.5. The van der Waals surface area contributed by atoms with Crippen LogP contribution in [0.1, 0.15) is 49.9 Å². The molecule has 0 spiro atoms. The fourth-order valence-electron chi connectivity index (χ4n) is 12.2. The van der Waals surface area contributed by atoms with Crippen LogP contribution in [0.15, 0.2) is 261 Å². The molecule has 11 aromatic carbocycles. The molecule has 1 heteroatoms. The van der Waals surface area contributed by atoms with Crippen LogP contribution in [-0.4, -0.2) is 0 Å². The molecule has 13 rings (SSSR count). The molecule has 2 aliphatic carbocycles. The van der Waals surface area contributed by atoms with E-state index in [2.05, 4.69) is 293 Å². The van der Waals surface area contributed by atoms with Crippen molar-refractivity contribution < 1.29 is 0 Å². The summed E-state index contributed by atoms with van der Waals surface area (Å²) < 4.78 is 0. The van der Waals surface area contributed by atoms with Gasteiger partial charge in [0.2, 0.25) is 0 Å². The van der Waals surface area contributed by atoms with Crippen molar-refractivity contribution in [3.05, 3.63) is 283 Å². The van der Waals surface area contributed by atoms with Crippen molar-refractivity contribution in [2.45, 2.75) is 38.5 Å². The van der Waals surface area contributed by atoms with Gasteiger partial charge in [0.25, 0.3) is 0 Å². The summed E-state index contributed by atoms with van der Waals surface area (Å²) in [5, 5.41) is 0. The van der Waals surface area contributed by atoms with Crippen molar-refractivity contribution in [1.29, 1.82) is 0 Å². The van der Waals surface area contributed by atoms with E-state index in [1.807, 2.05) is 0 Å². The molecule has 0 N–H and O–H groups in total. The quantitative estimate of drug-likeness (QED) is 0.139. The maximum absolute atomic E-state index is 2.41. The molecule has 348 valence electrons. The Morgan fingerprint density at radius 2 is 0.548 bits per heavy atom. The van der Waals surface area contributed by atoms with Gasteiger partial charge in [-0.25, -0.2) is 0 Å². The Morgan fingerprint density at radius 3 is 1.10 bits per heavy atom. The van der Waals surface area contributed by atoms with Crippen molar-refractivity contribution in [2.75, 3.05) is 4.90 Å². The summed E-state index contributed by atoms with van der Waals surface area (Å²) in [7, 11) is 0. The Bertz CT molecular complexity index is 3860. The number of hydrogen-bond donors (Lipinski definition) is 0. The topological polar surface area (TPSA) is 3.24 Å². The maximum Gasteiger partial charge on any atom is 0.0462 e. The van der Waals surface area contributed by atoms with Crippen LogP contribution >= 0.6 is 0 Å². The molecule has 0 bridgehead atoms. The van der Waals surface area contributed by atoms with Gasteiger partial charge in [-0.15, -0.1) is 0 Å². The average Bonchev–Trinajstić information content (AvgIpc) is 3.83. The number of anilines is 3. The first kappa shape index (κ1) is 44.2. The SMILES string of the molecule is CC1(C)c2ccccc2-c2ccc(-c3ccc(N(c4ccc(-c5ccccc5-c5ccc(-c6ccccc6)cc5)cc4)c4ccc(-c5ccccc5-c5cccc6c5C(C)(C)c5ccccc5-6)cc4)cc3)cc21. The van der Waals surface area contributed by atoms with E-state index in [4.69, 9.17) is 0 Å². The molecule has 0 fully saturated rings. The zero-order valence-electron chi connectivity index (χ0n) is 41.8. The second-order valence-corrected chi connectivity index (χ2v) is 20.8. The summed E-state index contributed by atoms with van der Waals surface area (Å²) >= 11 is 0. The summed E-state index contributed by atoms with van der Waals surface area (Å²) in [5.74, 6) is 0. The molecule has 0 aromatic heterocycles. The van der Waals surface area contributed by atoms with Crippen LogP contribution in [0, 0.1) is 0 Å². The molecule has 0 saturated carbocycles. The molecule has 0 amide bonds. The fraction of sp³-hybridized carbons (Fsp3) is 0.0833. The van der Waals surface area contributed by atoms with E-state index >= 15 is 0 Å².